The second-order valence-corrected chi connectivity index (χ2v) is 9.64. The van der Waals surface area contributed by atoms with Crippen LogP contribution >= 0.6 is 11.6 Å². The van der Waals surface area contributed by atoms with Gasteiger partial charge in [-0.15, -0.1) is 0 Å². The average molecular weight is 425 g/mol. The van der Waals surface area contributed by atoms with Crippen molar-refractivity contribution in [2.45, 2.75) is 50.0 Å². The highest BCUT2D eigenvalue weighted by Crippen LogP contribution is 2.39. The SMILES string of the molecule is CC1(C)OC(=N[C@@H](CCO)C2=CCCC=C2)NS(=O)(=O)C1c1cccc(Cl)c1. The van der Waals surface area contributed by atoms with Crippen LogP contribution in [0, 0.1) is 0 Å². The van der Waals surface area contributed by atoms with E-state index < -0.39 is 20.9 Å². The fourth-order valence-corrected chi connectivity index (χ4v) is 5.59. The van der Waals surface area contributed by atoms with Crippen LogP contribution in [0.2, 0.25) is 5.02 Å². The number of aliphatic imine (C=N–C) groups is 1. The Morgan fingerprint density at radius 3 is 2.79 bits per heavy atom. The molecule has 0 saturated carbocycles. The minimum Gasteiger partial charge on any atom is -0.457 e. The number of aliphatic hydroxyl groups is 1. The Kier molecular flexibility index (Phi) is 6.17. The Bertz CT molecular complexity index is 922. The molecule has 0 radical (unpaired) electrons. The molecule has 3 rings (SSSR count). The fraction of sp³-hybridized carbons (Fsp3) is 0.450. The molecule has 1 saturated heterocycles. The summed E-state index contributed by atoms with van der Waals surface area (Å²) in [6.07, 6.45) is 8.30. The van der Waals surface area contributed by atoms with Gasteiger partial charge in [-0.05, 0) is 56.4 Å². The standard InChI is InChI=1S/C20H25ClN2O4S/c1-20(2)18(15-9-6-10-16(21)13-15)28(25,26)23-19(27-20)22-17(11-12-24)14-7-4-3-5-8-14/h4,6-10,13,17-18,24H,3,5,11-12H2,1-2H3,(H,22,23)/t17-,18?/m0/s1. The number of nitrogens with one attached hydrogen (secondary N) is 1. The maximum absolute atomic E-state index is 13.0. The molecule has 1 fully saturated rings. The van der Waals surface area contributed by atoms with Crippen LogP contribution in [-0.4, -0.2) is 37.8 Å². The average Bonchev–Trinajstić information content (AvgIpc) is 2.60. The van der Waals surface area contributed by atoms with Crippen LogP contribution in [0.15, 0.2) is 53.1 Å². The summed E-state index contributed by atoms with van der Waals surface area (Å²) >= 11 is 6.05. The van der Waals surface area contributed by atoms with Gasteiger partial charge in [0, 0.05) is 11.6 Å². The van der Waals surface area contributed by atoms with Crippen LogP contribution in [-0.2, 0) is 14.8 Å². The largest absolute Gasteiger partial charge is 0.457 e. The predicted molar refractivity (Wildman–Crippen MR) is 111 cm³/mol. The zero-order valence-electron chi connectivity index (χ0n) is 15.9. The summed E-state index contributed by atoms with van der Waals surface area (Å²) in [4.78, 5) is 4.48. The molecular weight excluding hydrogens is 400 g/mol. The van der Waals surface area contributed by atoms with Crippen molar-refractivity contribution in [3.05, 3.63) is 58.7 Å². The van der Waals surface area contributed by atoms with Crippen molar-refractivity contribution in [2.24, 2.45) is 4.99 Å². The number of hydrogen-bond acceptors (Lipinski definition) is 5. The molecule has 1 aromatic carbocycles. The number of amidine groups is 1. The Balaban J connectivity index is 1.94. The highest BCUT2D eigenvalue weighted by Gasteiger charge is 2.48. The second-order valence-electron chi connectivity index (χ2n) is 7.43. The first-order valence-corrected chi connectivity index (χ1v) is 11.2. The van der Waals surface area contributed by atoms with Gasteiger partial charge in [-0.25, -0.2) is 18.1 Å². The topological polar surface area (TPSA) is 88.0 Å². The second kappa shape index (κ2) is 8.27. The predicted octanol–water partition coefficient (Wildman–Crippen LogP) is 3.49. The van der Waals surface area contributed by atoms with Gasteiger partial charge in [-0.3, -0.25) is 0 Å². The molecule has 1 heterocycles. The number of nitrogens with zero attached hydrogens (tertiary/aromatic N) is 1. The van der Waals surface area contributed by atoms with E-state index in [2.05, 4.69) is 15.8 Å². The summed E-state index contributed by atoms with van der Waals surface area (Å²) in [6, 6.07) is 6.32. The molecule has 1 unspecified atom stereocenters. The molecule has 152 valence electrons. The van der Waals surface area contributed by atoms with E-state index in [1.165, 1.54) is 0 Å². The minimum absolute atomic E-state index is 0.0541. The molecule has 2 atom stereocenters. The highest BCUT2D eigenvalue weighted by atomic mass is 35.5. The molecule has 8 heteroatoms. The van der Waals surface area contributed by atoms with Gasteiger partial charge in [0.25, 0.3) is 6.02 Å². The maximum Gasteiger partial charge on any atom is 0.299 e. The van der Waals surface area contributed by atoms with E-state index in [4.69, 9.17) is 16.3 Å². The lowest BCUT2D eigenvalue weighted by atomic mass is 9.97. The zero-order valence-corrected chi connectivity index (χ0v) is 17.5. The first-order valence-electron chi connectivity index (χ1n) is 9.24. The normalized spacial score (nSPS) is 25.5. The smallest absolute Gasteiger partial charge is 0.299 e. The van der Waals surface area contributed by atoms with Crippen LogP contribution in [0.25, 0.3) is 0 Å². The Hall–Kier alpha value is -1.83. The van der Waals surface area contributed by atoms with Crippen molar-refractivity contribution in [1.82, 2.24) is 4.72 Å². The summed E-state index contributed by atoms with van der Waals surface area (Å²) < 4.78 is 34.5. The Labute approximate surface area is 171 Å². The summed E-state index contributed by atoms with van der Waals surface area (Å²) in [5.41, 5.74) is 0.438. The van der Waals surface area contributed by atoms with Crippen LogP contribution in [0.3, 0.4) is 0 Å². The molecule has 0 aromatic heterocycles. The molecule has 1 aliphatic heterocycles. The number of sulfonamides is 1. The number of ether oxygens (including phenoxy) is 1. The fourth-order valence-electron chi connectivity index (χ4n) is 3.63. The summed E-state index contributed by atoms with van der Waals surface area (Å²) in [7, 11) is -3.81. The number of hydrogen-bond donors (Lipinski definition) is 2. The Morgan fingerprint density at radius 1 is 1.39 bits per heavy atom. The van der Waals surface area contributed by atoms with Gasteiger partial charge in [-0.1, -0.05) is 42.0 Å². The van der Waals surface area contributed by atoms with E-state index in [1.807, 2.05) is 12.2 Å². The van der Waals surface area contributed by atoms with E-state index >= 15 is 0 Å². The van der Waals surface area contributed by atoms with Gasteiger partial charge in [0.15, 0.2) is 0 Å². The van der Waals surface area contributed by atoms with Crippen LogP contribution in [0.5, 0.6) is 0 Å². The molecule has 28 heavy (non-hydrogen) atoms. The molecule has 1 aromatic rings. The molecule has 0 spiro atoms. The third-order valence-electron chi connectivity index (χ3n) is 4.77. The number of allylic oxidation sites excluding steroid dienone is 2. The molecule has 6 nitrogen and oxygen atoms in total. The Morgan fingerprint density at radius 2 is 2.18 bits per heavy atom. The monoisotopic (exact) mass is 424 g/mol. The lowest BCUT2D eigenvalue weighted by molar-refractivity contribution is 0.0761. The van der Waals surface area contributed by atoms with Gasteiger partial charge in [0.2, 0.25) is 10.0 Å². The number of benzene rings is 1. The van der Waals surface area contributed by atoms with Crippen LogP contribution in [0.1, 0.15) is 43.9 Å². The quantitative estimate of drug-likeness (QED) is 0.757. The molecule has 2 N–H and O–H groups in total. The van der Waals surface area contributed by atoms with E-state index in [0.717, 1.165) is 18.4 Å². The van der Waals surface area contributed by atoms with Gasteiger partial charge in [0.1, 0.15) is 10.9 Å². The number of aliphatic hydroxyl groups excluding tert-OH is 1. The van der Waals surface area contributed by atoms with E-state index in [-0.39, 0.29) is 18.7 Å². The van der Waals surface area contributed by atoms with Crippen LogP contribution in [0.4, 0.5) is 0 Å². The summed E-state index contributed by atoms with van der Waals surface area (Å²) in [6.45, 7) is 3.37. The van der Waals surface area contributed by atoms with E-state index in [0.29, 0.717) is 17.0 Å². The van der Waals surface area contributed by atoms with Gasteiger partial charge < -0.3 is 9.84 Å². The lowest BCUT2D eigenvalue weighted by Gasteiger charge is -2.39. The van der Waals surface area contributed by atoms with Crippen molar-refractivity contribution < 1.29 is 18.3 Å². The van der Waals surface area contributed by atoms with Crippen molar-refractivity contribution in [3.63, 3.8) is 0 Å². The van der Waals surface area contributed by atoms with Crippen molar-refractivity contribution in [2.75, 3.05) is 6.61 Å². The number of rotatable bonds is 5. The summed E-state index contributed by atoms with van der Waals surface area (Å²) in [5, 5.41) is 8.92. The molecule has 0 amide bonds. The minimum atomic E-state index is -3.81. The van der Waals surface area contributed by atoms with Crippen LogP contribution < -0.4 is 4.72 Å². The molecule has 1 aliphatic carbocycles. The summed E-state index contributed by atoms with van der Waals surface area (Å²) in [5.74, 6) is 0. The van der Waals surface area contributed by atoms with Gasteiger partial charge in [-0.2, -0.15) is 0 Å². The van der Waals surface area contributed by atoms with E-state index in [9.17, 15) is 13.5 Å². The molecule has 2 aliphatic rings. The van der Waals surface area contributed by atoms with E-state index in [1.54, 1.807) is 38.1 Å². The molecule has 0 bridgehead atoms. The number of halogens is 1. The zero-order chi connectivity index (χ0) is 20.4. The lowest BCUT2D eigenvalue weighted by Crippen LogP contribution is -2.53. The van der Waals surface area contributed by atoms with Crippen molar-refractivity contribution in [3.8, 4) is 0 Å². The first kappa shape index (κ1) is 20.9. The third kappa shape index (κ3) is 4.59. The molecular formula is C20H25ClN2O4S. The van der Waals surface area contributed by atoms with Crippen molar-refractivity contribution >= 4 is 27.6 Å². The highest BCUT2D eigenvalue weighted by molar-refractivity contribution is 7.90. The maximum atomic E-state index is 13.0. The van der Waals surface area contributed by atoms with Gasteiger partial charge >= 0.3 is 0 Å². The first-order chi connectivity index (χ1) is 13.2. The third-order valence-corrected chi connectivity index (χ3v) is 6.92. The van der Waals surface area contributed by atoms with Crippen molar-refractivity contribution in [1.29, 1.82) is 0 Å². The van der Waals surface area contributed by atoms with Gasteiger partial charge in [0.05, 0.1) is 6.04 Å².